The van der Waals surface area contributed by atoms with Crippen LogP contribution < -0.4 is 5.32 Å². The summed E-state index contributed by atoms with van der Waals surface area (Å²) in [6.07, 6.45) is 2.91. The molecule has 0 aliphatic rings. The van der Waals surface area contributed by atoms with E-state index < -0.39 is 9.84 Å². The number of nitrogens with one attached hydrogen (secondary N) is 1. The second-order valence-corrected chi connectivity index (χ2v) is 9.26. The third-order valence-corrected chi connectivity index (χ3v) is 6.05. The van der Waals surface area contributed by atoms with Crippen molar-refractivity contribution in [2.24, 2.45) is 0 Å². The molecule has 0 bridgehead atoms. The number of fused-ring (bicyclic) bond motifs is 1. The number of sulfone groups is 1. The minimum atomic E-state index is -3.27. The average molecular weight is 453 g/mol. The molecule has 2 aromatic carbocycles. The van der Waals surface area contributed by atoms with Gasteiger partial charge in [0.25, 0.3) is 0 Å². The van der Waals surface area contributed by atoms with Crippen LogP contribution in [0.25, 0.3) is 28.0 Å². The number of aliphatic hydroxyl groups excluding tert-OH is 1. The molecule has 8 nitrogen and oxygen atoms in total. The summed E-state index contributed by atoms with van der Waals surface area (Å²) < 4.78 is 30.6. The lowest BCUT2D eigenvalue weighted by atomic mass is 10.1. The van der Waals surface area contributed by atoms with Gasteiger partial charge in [-0.15, -0.1) is 0 Å². The topological polar surface area (TPSA) is 106 Å². The van der Waals surface area contributed by atoms with Gasteiger partial charge in [0.15, 0.2) is 15.5 Å². The van der Waals surface area contributed by atoms with Gasteiger partial charge >= 0.3 is 0 Å². The summed E-state index contributed by atoms with van der Waals surface area (Å²) in [6.45, 7) is 1.24. The molecule has 32 heavy (non-hydrogen) atoms. The van der Waals surface area contributed by atoms with Crippen molar-refractivity contribution < 1.29 is 18.3 Å². The van der Waals surface area contributed by atoms with Crippen molar-refractivity contribution in [3.05, 3.63) is 66.9 Å². The van der Waals surface area contributed by atoms with Crippen LogP contribution in [0.15, 0.2) is 71.8 Å². The Bertz CT molecular complexity index is 1300. The maximum Gasteiger partial charge on any atom is 0.175 e. The van der Waals surface area contributed by atoms with Gasteiger partial charge in [-0.25, -0.2) is 13.4 Å². The summed E-state index contributed by atoms with van der Waals surface area (Å²) in [5, 5.41) is 16.7. The van der Waals surface area contributed by atoms with Crippen LogP contribution in [-0.4, -0.2) is 60.7 Å². The maximum absolute atomic E-state index is 11.8. The van der Waals surface area contributed by atoms with Gasteiger partial charge in [0.05, 0.1) is 36.6 Å². The smallest absolute Gasteiger partial charge is 0.175 e. The zero-order chi connectivity index (χ0) is 22.6. The largest absolute Gasteiger partial charge is 0.394 e. The highest BCUT2D eigenvalue weighted by Gasteiger charge is 2.15. The highest BCUT2D eigenvalue weighted by Crippen LogP contribution is 2.29. The molecule has 0 radical (unpaired) electrons. The standard InChI is InChI=1S/C23H24N4O4S/c1-32(29,30)19-9-7-17(8-10-19)20-16-25-27-22(24-11-13-31-14-12-28)15-21(26-23(20)27)18-5-3-2-4-6-18/h2-10,15-16,24,28H,11-14H2,1H3. The normalized spacial score (nSPS) is 11.7. The Hall–Kier alpha value is -3.27. The molecule has 0 atom stereocenters. The Morgan fingerprint density at radius 2 is 1.78 bits per heavy atom. The molecule has 0 aliphatic heterocycles. The number of aromatic nitrogens is 3. The van der Waals surface area contributed by atoms with Crippen LogP contribution in [0.4, 0.5) is 5.82 Å². The van der Waals surface area contributed by atoms with Crippen LogP contribution in [0.1, 0.15) is 0 Å². The Morgan fingerprint density at radius 3 is 2.47 bits per heavy atom. The van der Waals surface area contributed by atoms with Crippen LogP contribution in [-0.2, 0) is 14.6 Å². The van der Waals surface area contributed by atoms with Gasteiger partial charge in [-0.05, 0) is 17.7 Å². The molecule has 0 aliphatic carbocycles. The fraction of sp³-hybridized carbons (Fsp3) is 0.217. The lowest BCUT2D eigenvalue weighted by Gasteiger charge is -2.11. The van der Waals surface area contributed by atoms with E-state index in [1.807, 2.05) is 36.4 Å². The molecule has 4 aromatic rings. The first-order valence-electron chi connectivity index (χ1n) is 10.1. The molecule has 166 valence electrons. The summed E-state index contributed by atoms with van der Waals surface area (Å²) in [7, 11) is -3.27. The molecule has 0 spiro atoms. The molecule has 4 rings (SSSR count). The van der Waals surface area contributed by atoms with Crippen molar-refractivity contribution in [1.29, 1.82) is 0 Å². The summed E-state index contributed by atoms with van der Waals surface area (Å²) in [6, 6.07) is 18.5. The lowest BCUT2D eigenvalue weighted by molar-refractivity contribution is 0.0991. The molecule has 2 aromatic heterocycles. The number of rotatable bonds is 9. The molecule has 0 fully saturated rings. The molecule has 2 N–H and O–H groups in total. The van der Waals surface area contributed by atoms with E-state index >= 15 is 0 Å². The van der Waals surface area contributed by atoms with Gasteiger partial charge in [-0.1, -0.05) is 42.5 Å². The van der Waals surface area contributed by atoms with Gasteiger partial charge in [-0.3, -0.25) is 0 Å². The molecular formula is C23H24N4O4S. The first kappa shape index (κ1) is 21.9. The number of hydrogen-bond donors (Lipinski definition) is 2. The minimum absolute atomic E-state index is 0.0156. The first-order valence-corrected chi connectivity index (χ1v) is 12.0. The van der Waals surface area contributed by atoms with E-state index in [0.29, 0.717) is 18.8 Å². The van der Waals surface area contributed by atoms with Crippen molar-refractivity contribution in [1.82, 2.24) is 14.6 Å². The van der Waals surface area contributed by atoms with Crippen LogP contribution >= 0.6 is 0 Å². The zero-order valence-corrected chi connectivity index (χ0v) is 18.4. The quantitative estimate of drug-likeness (QED) is 0.376. The lowest BCUT2D eigenvalue weighted by Crippen LogP contribution is -2.14. The van der Waals surface area contributed by atoms with Crippen molar-refractivity contribution in [2.45, 2.75) is 4.90 Å². The summed E-state index contributed by atoms with van der Waals surface area (Å²) in [4.78, 5) is 5.11. The van der Waals surface area contributed by atoms with Gasteiger partial charge in [0.2, 0.25) is 0 Å². The number of nitrogens with zero attached hydrogens (tertiary/aromatic N) is 3. The highest BCUT2D eigenvalue weighted by atomic mass is 32.2. The molecule has 0 saturated carbocycles. The zero-order valence-electron chi connectivity index (χ0n) is 17.6. The fourth-order valence-electron chi connectivity index (χ4n) is 3.35. The highest BCUT2D eigenvalue weighted by molar-refractivity contribution is 7.90. The van der Waals surface area contributed by atoms with Crippen LogP contribution in [0.2, 0.25) is 0 Å². The number of ether oxygens (including phenoxy) is 1. The molecule has 0 amide bonds. The van der Waals surface area contributed by atoms with Crippen molar-refractivity contribution in [3.8, 4) is 22.4 Å². The Morgan fingerprint density at radius 1 is 1.03 bits per heavy atom. The van der Waals surface area contributed by atoms with E-state index in [2.05, 4.69) is 10.4 Å². The van der Waals surface area contributed by atoms with Gasteiger partial charge in [0.1, 0.15) is 5.82 Å². The van der Waals surface area contributed by atoms with E-state index in [9.17, 15) is 8.42 Å². The van der Waals surface area contributed by atoms with E-state index in [0.717, 1.165) is 28.2 Å². The SMILES string of the molecule is CS(=O)(=O)c1ccc(-c2cnn3c(NCCOCCO)cc(-c4ccccc4)nc23)cc1. The second-order valence-electron chi connectivity index (χ2n) is 7.25. The molecule has 9 heteroatoms. The van der Waals surface area contributed by atoms with Gasteiger partial charge in [-0.2, -0.15) is 9.61 Å². The predicted molar refractivity (Wildman–Crippen MR) is 123 cm³/mol. The molecule has 0 saturated heterocycles. The summed E-state index contributed by atoms with van der Waals surface area (Å²) in [5.74, 6) is 0.750. The van der Waals surface area contributed by atoms with E-state index in [1.165, 1.54) is 6.26 Å². The third-order valence-electron chi connectivity index (χ3n) is 4.92. The Labute approximate surface area is 186 Å². The van der Waals surface area contributed by atoms with E-state index in [4.69, 9.17) is 14.8 Å². The third kappa shape index (κ3) is 4.80. The first-order chi connectivity index (χ1) is 15.5. The van der Waals surface area contributed by atoms with Crippen molar-refractivity contribution in [3.63, 3.8) is 0 Å². The molecular weight excluding hydrogens is 428 g/mol. The van der Waals surface area contributed by atoms with Crippen LogP contribution in [0.5, 0.6) is 0 Å². The number of aliphatic hydroxyl groups is 1. The van der Waals surface area contributed by atoms with E-state index in [1.54, 1.807) is 35.0 Å². The van der Waals surface area contributed by atoms with Gasteiger partial charge in [0, 0.05) is 30.0 Å². The summed E-state index contributed by atoms with van der Waals surface area (Å²) in [5.41, 5.74) is 4.02. The van der Waals surface area contributed by atoms with Crippen molar-refractivity contribution in [2.75, 3.05) is 37.9 Å². The van der Waals surface area contributed by atoms with Crippen molar-refractivity contribution >= 4 is 21.3 Å². The number of anilines is 1. The fourth-order valence-corrected chi connectivity index (χ4v) is 3.98. The molecule has 2 heterocycles. The van der Waals surface area contributed by atoms with Crippen LogP contribution in [0.3, 0.4) is 0 Å². The van der Waals surface area contributed by atoms with Gasteiger partial charge < -0.3 is 15.2 Å². The number of benzene rings is 2. The summed E-state index contributed by atoms with van der Waals surface area (Å²) >= 11 is 0. The number of hydrogen-bond acceptors (Lipinski definition) is 7. The average Bonchev–Trinajstić information content (AvgIpc) is 3.23. The maximum atomic E-state index is 11.8. The van der Waals surface area contributed by atoms with Crippen LogP contribution in [0, 0.1) is 0 Å². The van der Waals surface area contributed by atoms with E-state index in [-0.39, 0.29) is 18.1 Å². The molecule has 0 unspecified atom stereocenters. The monoisotopic (exact) mass is 452 g/mol. The Balaban J connectivity index is 1.75. The second kappa shape index (κ2) is 9.47. The minimum Gasteiger partial charge on any atom is -0.394 e. The Kier molecular flexibility index (Phi) is 6.50. The predicted octanol–water partition coefficient (Wildman–Crippen LogP) is 2.89.